The van der Waals surface area contributed by atoms with Gasteiger partial charge in [0, 0.05) is 13.1 Å². The molecule has 0 radical (unpaired) electrons. The van der Waals surface area contributed by atoms with Crippen LogP contribution in [0, 0.1) is 5.92 Å². The number of rotatable bonds is 5. The van der Waals surface area contributed by atoms with Crippen LogP contribution in [0.5, 0.6) is 5.75 Å². The van der Waals surface area contributed by atoms with E-state index >= 15 is 0 Å². The third kappa shape index (κ3) is 4.11. The number of ether oxygens (including phenoxy) is 1. The third-order valence-corrected chi connectivity index (χ3v) is 4.50. The Morgan fingerprint density at radius 2 is 2.10 bits per heavy atom. The minimum Gasteiger partial charge on any atom is -0.495 e. The van der Waals surface area contributed by atoms with Crippen molar-refractivity contribution in [2.24, 2.45) is 5.92 Å². The number of nitrogens with one attached hydrogen (secondary N) is 1. The molecular weight excluding hydrogens is 274 g/mol. The molecule has 0 aliphatic heterocycles. The average molecular weight is 298 g/mol. The number of aliphatic hydroxyl groups is 1. The molecule has 0 aromatic heterocycles. The van der Waals surface area contributed by atoms with E-state index in [1.54, 1.807) is 7.11 Å². The summed E-state index contributed by atoms with van der Waals surface area (Å²) >= 11 is 6.10. The average Bonchev–Trinajstić information content (AvgIpc) is 2.43. The zero-order valence-corrected chi connectivity index (χ0v) is 13.0. The Hall–Kier alpha value is -0.770. The van der Waals surface area contributed by atoms with E-state index in [9.17, 15) is 5.11 Å². The normalized spacial score (nSPS) is 26.5. The molecule has 0 spiro atoms. The fourth-order valence-electron chi connectivity index (χ4n) is 2.74. The Kier molecular flexibility index (Phi) is 5.30. The zero-order valence-electron chi connectivity index (χ0n) is 12.3. The first kappa shape index (κ1) is 15.6. The van der Waals surface area contributed by atoms with Crippen molar-refractivity contribution >= 4 is 11.6 Å². The van der Waals surface area contributed by atoms with Crippen molar-refractivity contribution in [2.45, 2.75) is 44.8 Å². The summed E-state index contributed by atoms with van der Waals surface area (Å²) in [4.78, 5) is 0. The summed E-state index contributed by atoms with van der Waals surface area (Å²) < 4.78 is 5.13. The molecule has 0 bridgehead atoms. The first-order chi connectivity index (χ1) is 9.52. The second-order valence-corrected chi connectivity index (χ2v) is 6.39. The van der Waals surface area contributed by atoms with Gasteiger partial charge in [-0.3, -0.25) is 0 Å². The van der Waals surface area contributed by atoms with Crippen LogP contribution in [-0.4, -0.2) is 24.4 Å². The zero-order chi connectivity index (χ0) is 14.6. The Bertz CT molecular complexity index is 442. The van der Waals surface area contributed by atoms with Gasteiger partial charge < -0.3 is 15.2 Å². The van der Waals surface area contributed by atoms with E-state index < -0.39 is 5.60 Å². The van der Waals surface area contributed by atoms with Gasteiger partial charge in [-0.2, -0.15) is 0 Å². The van der Waals surface area contributed by atoms with Crippen LogP contribution in [0.4, 0.5) is 0 Å². The van der Waals surface area contributed by atoms with Crippen LogP contribution in [0.25, 0.3) is 0 Å². The fraction of sp³-hybridized carbons (Fsp3) is 0.625. The predicted molar refractivity (Wildman–Crippen MR) is 82.3 cm³/mol. The summed E-state index contributed by atoms with van der Waals surface area (Å²) in [5, 5.41) is 14.5. The van der Waals surface area contributed by atoms with E-state index in [0.717, 1.165) is 37.2 Å². The summed E-state index contributed by atoms with van der Waals surface area (Å²) in [6.07, 6.45) is 4.02. The molecule has 0 heterocycles. The number of benzene rings is 1. The van der Waals surface area contributed by atoms with Gasteiger partial charge in [0.1, 0.15) is 5.75 Å². The maximum absolute atomic E-state index is 10.5. The summed E-state index contributed by atoms with van der Waals surface area (Å²) in [5.41, 5.74) is 0.562. The molecule has 1 aliphatic carbocycles. The van der Waals surface area contributed by atoms with Crippen molar-refractivity contribution in [1.82, 2.24) is 5.32 Å². The summed E-state index contributed by atoms with van der Waals surface area (Å²) in [6.45, 7) is 3.61. The smallest absolute Gasteiger partial charge is 0.137 e. The van der Waals surface area contributed by atoms with E-state index in [1.165, 1.54) is 0 Å². The van der Waals surface area contributed by atoms with Crippen molar-refractivity contribution in [1.29, 1.82) is 0 Å². The van der Waals surface area contributed by atoms with Crippen molar-refractivity contribution in [3.63, 3.8) is 0 Å². The van der Waals surface area contributed by atoms with Crippen LogP contribution in [0.15, 0.2) is 18.2 Å². The van der Waals surface area contributed by atoms with Crippen LogP contribution in [0.3, 0.4) is 0 Å². The third-order valence-electron chi connectivity index (χ3n) is 4.20. The number of hydrogen-bond acceptors (Lipinski definition) is 3. The highest BCUT2D eigenvalue weighted by atomic mass is 35.5. The molecule has 1 aromatic carbocycles. The molecule has 0 saturated heterocycles. The summed E-state index contributed by atoms with van der Waals surface area (Å²) in [6, 6.07) is 5.77. The van der Waals surface area contributed by atoms with E-state index in [1.807, 2.05) is 18.2 Å². The van der Waals surface area contributed by atoms with Gasteiger partial charge in [0.2, 0.25) is 0 Å². The van der Waals surface area contributed by atoms with Crippen molar-refractivity contribution in [3.8, 4) is 5.75 Å². The Balaban J connectivity index is 1.82. The molecule has 3 nitrogen and oxygen atoms in total. The maximum Gasteiger partial charge on any atom is 0.137 e. The first-order valence-electron chi connectivity index (χ1n) is 7.28. The van der Waals surface area contributed by atoms with E-state index in [0.29, 0.717) is 23.9 Å². The van der Waals surface area contributed by atoms with Crippen molar-refractivity contribution in [3.05, 3.63) is 28.8 Å². The fourth-order valence-corrected chi connectivity index (χ4v) is 3.02. The SMILES string of the molecule is COc1ccc(CNCC2(O)CCC(C)CC2)cc1Cl. The van der Waals surface area contributed by atoms with Gasteiger partial charge in [-0.15, -0.1) is 0 Å². The van der Waals surface area contributed by atoms with Gasteiger partial charge in [-0.05, 0) is 49.3 Å². The second kappa shape index (κ2) is 6.79. The summed E-state index contributed by atoms with van der Waals surface area (Å²) in [7, 11) is 1.61. The highest BCUT2D eigenvalue weighted by Crippen LogP contribution is 2.31. The topological polar surface area (TPSA) is 41.5 Å². The molecule has 0 unspecified atom stereocenters. The molecular formula is C16H24ClNO2. The van der Waals surface area contributed by atoms with Gasteiger partial charge in [-0.1, -0.05) is 24.6 Å². The van der Waals surface area contributed by atoms with E-state index in [4.69, 9.17) is 16.3 Å². The Morgan fingerprint density at radius 3 is 2.70 bits per heavy atom. The number of hydrogen-bond donors (Lipinski definition) is 2. The quantitative estimate of drug-likeness (QED) is 0.875. The van der Waals surface area contributed by atoms with Gasteiger partial charge in [0.25, 0.3) is 0 Å². The molecule has 0 amide bonds. The minimum absolute atomic E-state index is 0.539. The molecule has 2 rings (SSSR count). The van der Waals surface area contributed by atoms with Crippen molar-refractivity contribution < 1.29 is 9.84 Å². The van der Waals surface area contributed by atoms with E-state index in [2.05, 4.69) is 12.2 Å². The molecule has 0 atom stereocenters. The molecule has 1 aliphatic rings. The first-order valence-corrected chi connectivity index (χ1v) is 7.66. The second-order valence-electron chi connectivity index (χ2n) is 5.98. The van der Waals surface area contributed by atoms with Crippen LogP contribution < -0.4 is 10.1 Å². The van der Waals surface area contributed by atoms with Gasteiger partial charge >= 0.3 is 0 Å². The predicted octanol–water partition coefficient (Wildman–Crippen LogP) is 3.38. The molecule has 112 valence electrons. The monoisotopic (exact) mass is 297 g/mol. The van der Waals surface area contributed by atoms with Gasteiger partial charge in [-0.25, -0.2) is 0 Å². The largest absolute Gasteiger partial charge is 0.495 e. The Morgan fingerprint density at radius 1 is 1.40 bits per heavy atom. The highest BCUT2D eigenvalue weighted by molar-refractivity contribution is 6.32. The standard InChI is InChI=1S/C16H24ClNO2/c1-12-5-7-16(19,8-6-12)11-18-10-13-3-4-15(20-2)14(17)9-13/h3-4,9,12,18-19H,5-8,10-11H2,1-2H3. The van der Waals surface area contributed by atoms with Crippen LogP contribution in [0.2, 0.25) is 5.02 Å². The van der Waals surface area contributed by atoms with Gasteiger partial charge in [0.05, 0.1) is 17.7 Å². The molecule has 20 heavy (non-hydrogen) atoms. The van der Waals surface area contributed by atoms with Crippen LogP contribution in [-0.2, 0) is 6.54 Å². The van der Waals surface area contributed by atoms with Crippen LogP contribution in [0.1, 0.15) is 38.2 Å². The summed E-state index contributed by atoms with van der Waals surface area (Å²) in [5.74, 6) is 1.44. The Labute approximate surface area is 126 Å². The lowest BCUT2D eigenvalue weighted by Crippen LogP contribution is -2.43. The number of halogens is 1. The maximum atomic E-state index is 10.5. The number of methoxy groups -OCH3 is 1. The molecule has 1 fully saturated rings. The van der Waals surface area contributed by atoms with Crippen LogP contribution >= 0.6 is 11.6 Å². The minimum atomic E-state index is -0.539. The molecule has 4 heteroatoms. The lowest BCUT2D eigenvalue weighted by Gasteiger charge is -2.35. The van der Waals surface area contributed by atoms with Gasteiger partial charge in [0.15, 0.2) is 0 Å². The molecule has 1 saturated carbocycles. The lowest BCUT2D eigenvalue weighted by molar-refractivity contribution is -0.00630. The molecule has 1 aromatic rings. The van der Waals surface area contributed by atoms with E-state index in [-0.39, 0.29) is 0 Å². The molecule has 2 N–H and O–H groups in total. The highest BCUT2D eigenvalue weighted by Gasteiger charge is 2.31. The van der Waals surface area contributed by atoms with Crippen molar-refractivity contribution in [2.75, 3.05) is 13.7 Å². The lowest BCUT2D eigenvalue weighted by atomic mass is 9.79.